The molecule has 1 aromatic heterocycles. The van der Waals surface area contributed by atoms with Gasteiger partial charge in [0.1, 0.15) is 6.07 Å². The maximum atomic E-state index is 10.1. The van der Waals surface area contributed by atoms with E-state index < -0.39 is 5.60 Å². The van der Waals surface area contributed by atoms with Gasteiger partial charge in [0.2, 0.25) is 0 Å². The highest BCUT2D eigenvalue weighted by Gasteiger charge is 2.22. The van der Waals surface area contributed by atoms with Crippen molar-refractivity contribution >= 4 is 5.82 Å². The summed E-state index contributed by atoms with van der Waals surface area (Å²) in [5.74, 6) is 0.822. The molecule has 0 aliphatic carbocycles. The molecule has 0 aliphatic heterocycles. The van der Waals surface area contributed by atoms with E-state index in [1.807, 2.05) is 6.07 Å². The van der Waals surface area contributed by atoms with E-state index >= 15 is 0 Å². The van der Waals surface area contributed by atoms with Crippen molar-refractivity contribution in [3.05, 3.63) is 17.8 Å². The van der Waals surface area contributed by atoms with Crippen LogP contribution in [-0.2, 0) is 0 Å². The summed E-state index contributed by atoms with van der Waals surface area (Å²) in [6.07, 6.45) is 2.15. The molecule has 0 bridgehead atoms. The number of rotatable bonds is 5. The Balaban J connectivity index is 2.64. The molecule has 1 heterocycles. The highest BCUT2D eigenvalue weighted by Crippen LogP contribution is 2.17. The van der Waals surface area contributed by atoms with Crippen LogP contribution in [0.25, 0.3) is 0 Å². The first-order valence-corrected chi connectivity index (χ1v) is 5.62. The van der Waals surface area contributed by atoms with Gasteiger partial charge in [0.25, 0.3) is 0 Å². The minimum Gasteiger partial charge on any atom is -0.388 e. The van der Waals surface area contributed by atoms with E-state index in [0.717, 1.165) is 0 Å². The third-order valence-corrected chi connectivity index (χ3v) is 2.33. The molecule has 17 heavy (non-hydrogen) atoms. The third kappa shape index (κ3) is 4.37. The monoisotopic (exact) mass is 234 g/mol. The topological polar surface area (TPSA) is 81.8 Å². The van der Waals surface area contributed by atoms with E-state index in [-0.39, 0.29) is 0 Å². The number of aromatic nitrogens is 2. The van der Waals surface area contributed by atoms with Gasteiger partial charge in [0.05, 0.1) is 17.4 Å². The molecule has 0 fully saturated rings. The highest BCUT2D eigenvalue weighted by atomic mass is 16.3. The zero-order valence-electron chi connectivity index (χ0n) is 10.4. The average molecular weight is 234 g/mol. The largest absolute Gasteiger partial charge is 0.388 e. The fourth-order valence-corrected chi connectivity index (χ4v) is 1.78. The molecule has 92 valence electrons. The van der Waals surface area contributed by atoms with Crippen molar-refractivity contribution < 1.29 is 5.11 Å². The van der Waals surface area contributed by atoms with Crippen molar-refractivity contribution in [3.8, 4) is 6.07 Å². The van der Waals surface area contributed by atoms with Gasteiger partial charge in [-0.25, -0.2) is 0 Å². The number of nitrogens with one attached hydrogen (secondary N) is 1. The van der Waals surface area contributed by atoms with Crippen LogP contribution in [-0.4, -0.2) is 27.4 Å². The van der Waals surface area contributed by atoms with Crippen molar-refractivity contribution in [3.63, 3.8) is 0 Å². The zero-order chi connectivity index (χ0) is 12.9. The normalized spacial score (nSPS) is 14.1. The lowest BCUT2D eigenvalue weighted by Crippen LogP contribution is -2.35. The Morgan fingerprint density at radius 1 is 1.59 bits per heavy atom. The average Bonchev–Trinajstić information content (AvgIpc) is 2.25. The van der Waals surface area contributed by atoms with Crippen molar-refractivity contribution in [2.75, 3.05) is 11.9 Å². The van der Waals surface area contributed by atoms with Crippen LogP contribution >= 0.6 is 0 Å². The number of nitriles is 1. The summed E-state index contributed by atoms with van der Waals surface area (Å²) in [5, 5.41) is 29.5. The van der Waals surface area contributed by atoms with Crippen molar-refractivity contribution in [1.82, 2.24) is 10.2 Å². The second kappa shape index (κ2) is 5.60. The van der Waals surface area contributed by atoms with Crippen LogP contribution < -0.4 is 5.32 Å². The molecular weight excluding hydrogens is 216 g/mol. The second-order valence-corrected chi connectivity index (χ2v) is 4.85. The molecule has 1 unspecified atom stereocenters. The molecular formula is C12H18N4O. The maximum absolute atomic E-state index is 10.1. The zero-order valence-corrected chi connectivity index (χ0v) is 10.4. The van der Waals surface area contributed by atoms with Crippen LogP contribution in [0.1, 0.15) is 32.8 Å². The fourth-order valence-electron chi connectivity index (χ4n) is 1.78. The lowest BCUT2D eigenvalue weighted by molar-refractivity contribution is 0.0514. The summed E-state index contributed by atoms with van der Waals surface area (Å²) in [6.45, 7) is 6.22. The summed E-state index contributed by atoms with van der Waals surface area (Å²) in [5.41, 5.74) is -0.390. The van der Waals surface area contributed by atoms with Gasteiger partial charge in [-0.2, -0.15) is 10.4 Å². The van der Waals surface area contributed by atoms with E-state index in [9.17, 15) is 5.11 Å². The molecule has 0 aromatic carbocycles. The summed E-state index contributed by atoms with van der Waals surface area (Å²) in [7, 11) is 0. The fraction of sp³-hybridized carbons (Fsp3) is 0.583. The van der Waals surface area contributed by atoms with Crippen molar-refractivity contribution in [2.45, 2.75) is 32.8 Å². The van der Waals surface area contributed by atoms with Crippen LogP contribution in [0.2, 0.25) is 0 Å². The van der Waals surface area contributed by atoms with E-state index in [4.69, 9.17) is 5.26 Å². The Hall–Kier alpha value is -1.67. The summed E-state index contributed by atoms with van der Waals surface area (Å²) >= 11 is 0. The molecule has 0 saturated heterocycles. The first-order valence-electron chi connectivity index (χ1n) is 5.62. The molecule has 1 aromatic rings. The smallest absolute Gasteiger partial charge is 0.166 e. The molecule has 0 aliphatic rings. The summed E-state index contributed by atoms with van der Waals surface area (Å²) in [4.78, 5) is 0. The molecule has 0 spiro atoms. The first kappa shape index (κ1) is 13.4. The van der Waals surface area contributed by atoms with E-state index in [1.165, 1.54) is 6.20 Å². The first-order chi connectivity index (χ1) is 7.94. The van der Waals surface area contributed by atoms with Gasteiger partial charge in [-0.3, -0.25) is 0 Å². The highest BCUT2D eigenvalue weighted by molar-refractivity contribution is 5.50. The molecule has 0 saturated carbocycles. The van der Waals surface area contributed by atoms with Crippen LogP contribution in [0.3, 0.4) is 0 Å². The van der Waals surface area contributed by atoms with Crippen molar-refractivity contribution in [1.29, 1.82) is 5.26 Å². The van der Waals surface area contributed by atoms with Crippen LogP contribution in [0.4, 0.5) is 5.82 Å². The van der Waals surface area contributed by atoms with Gasteiger partial charge in [-0.05, 0) is 25.3 Å². The van der Waals surface area contributed by atoms with Crippen LogP contribution in [0.5, 0.6) is 0 Å². The Labute approximate surface area is 101 Å². The number of anilines is 1. The number of aliphatic hydroxyl groups is 1. The van der Waals surface area contributed by atoms with Crippen LogP contribution in [0, 0.1) is 17.2 Å². The molecule has 5 nitrogen and oxygen atoms in total. The van der Waals surface area contributed by atoms with Crippen LogP contribution in [0.15, 0.2) is 12.3 Å². The Bertz CT molecular complexity index is 409. The minimum atomic E-state index is -0.821. The van der Waals surface area contributed by atoms with E-state index in [2.05, 4.69) is 29.4 Å². The lowest BCUT2D eigenvalue weighted by Gasteiger charge is -2.25. The summed E-state index contributed by atoms with van der Waals surface area (Å²) in [6, 6.07) is 3.62. The SMILES string of the molecule is CC(C)CC(C)(O)CNc1nnccc1C#N. The van der Waals surface area contributed by atoms with E-state index in [1.54, 1.807) is 13.0 Å². The molecule has 1 rings (SSSR count). The Kier molecular flexibility index (Phi) is 4.41. The minimum absolute atomic E-state index is 0.346. The van der Waals surface area contributed by atoms with Gasteiger partial charge < -0.3 is 10.4 Å². The van der Waals surface area contributed by atoms with E-state index in [0.29, 0.717) is 30.3 Å². The lowest BCUT2D eigenvalue weighted by atomic mass is 9.94. The quantitative estimate of drug-likeness (QED) is 0.808. The molecule has 1 atom stereocenters. The molecule has 0 radical (unpaired) electrons. The standard InChI is InChI=1S/C12H18N4O/c1-9(2)6-12(3,17)8-14-11-10(7-13)4-5-15-16-11/h4-5,9,17H,6,8H2,1-3H3,(H,14,16). The maximum Gasteiger partial charge on any atom is 0.166 e. The predicted molar refractivity (Wildman–Crippen MR) is 65.3 cm³/mol. The van der Waals surface area contributed by atoms with Gasteiger partial charge in [0, 0.05) is 6.54 Å². The molecule has 2 N–H and O–H groups in total. The number of hydrogen-bond acceptors (Lipinski definition) is 5. The second-order valence-electron chi connectivity index (χ2n) is 4.85. The Morgan fingerprint density at radius 3 is 2.88 bits per heavy atom. The van der Waals surface area contributed by atoms with Gasteiger partial charge >= 0.3 is 0 Å². The third-order valence-electron chi connectivity index (χ3n) is 2.33. The number of hydrogen-bond donors (Lipinski definition) is 2. The Morgan fingerprint density at radius 2 is 2.29 bits per heavy atom. The molecule has 5 heteroatoms. The predicted octanol–water partition coefficient (Wildman–Crippen LogP) is 1.56. The van der Waals surface area contributed by atoms with Gasteiger partial charge in [-0.1, -0.05) is 13.8 Å². The van der Waals surface area contributed by atoms with Crippen molar-refractivity contribution in [2.24, 2.45) is 5.92 Å². The van der Waals surface area contributed by atoms with Gasteiger partial charge in [0.15, 0.2) is 5.82 Å². The molecule has 0 amide bonds. The number of nitrogens with zero attached hydrogens (tertiary/aromatic N) is 3. The van der Waals surface area contributed by atoms with Gasteiger partial charge in [-0.15, -0.1) is 5.10 Å². The summed E-state index contributed by atoms with van der Waals surface area (Å²) < 4.78 is 0.